The zero-order valence-electron chi connectivity index (χ0n) is 7.08. The van der Waals surface area contributed by atoms with E-state index in [4.69, 9.17) is 6.42 Å². The standard InChI is InChI=1S/C10H14O2/c1-2-8-9(10(8,11)12)6-4-3-5-7-9/h1,8,11-12H,3-7H2/t8-/m1/s1. The van der Waals surface area contributed by atoms with Crippen LogP contribution in [0.5, 0.6) is 0 Å². The lowest BCUT2D eigenvalue weighted by molar-refractivity contribution is -0.113. The lowest BCUT2D eigenvalue weighted by atomic mass is 9.84. The van der Waals surface area contributed by atoms with E-state index in [0.717, 1.165) is 25.7 Å². The summed E-state index contributed by atoms with van der Waals surface area (Å²) in [6.45, 7) is 0. The molecular formula is C10H14O2. The Morgan fingerprint density at radius 3 is 2.17 bits per heavy atom. The second kappa shape index (κ2) is 2.25. The van der Waals surface area contributed by atoms with Crippen molar-refractivity contribution in [3.05, 3.63) is 0 Å². The Balaban J connectivity index is 2.19. The van der Waals surface area contributed by atoms with E-state index in [1.165, 1.54) is 6.42 Å². The molecule has 2 nitrogen and oxygen atoms in total. The molecule has 12 heavy (non-hydrogen) atoms. The maximum atomic E-state index is 9.58. The summed E-state index contributed by atoms with van der Waals surface area (Å²) in [4.78, 5) is 0. The highest BCUT2D eigenvalue weighted by Gasteiger charge is 2.75. The molecule has 1 spiro atoms. The van der Waals surface area contributed by atoms with Gasteiger partial charge in [-0.15, -0.1) is 6.42 Å². The van der Waals surface area contributed by atoms with Gasteiger partial charge >= 0.3 is 0 Å². The quantitative estimate of drug-likeness (QED) is 0.414. The zero-order chi connectivity index (χ0) is 8.82. The van der Waals surface area contributed by atoms with Crippen molar-refractivity contribution in [3.8, 4) is 12.3 Å². The average Bonchev–Trinajstić information content (AvgIpc) is 2.49. The van der Waals surface area contributed by atoms with E-state index in [1.54, 1.807) is 0 Å². The van der Waals surface area contributed by atoms with Gasteiger partial charge in [0.1, 0.15) is 0 Å². The predicted molar refractivity (Wildman–Crippen MR) is 45.0 cm³/mol. The van der Waals surface area contributed by atoms with Gasteiger partial charge in [0.15, 0.2) is 5.79 Å². The van der Waals surface area contributed by atoms with Crippen LogP contribution in [0.1, 0.15) is 32.1 Å². The molecule has 0 unspecified atom stereocenters. The first-order valence-corrected chi connectivity index (χ1v) is 4.56. The first-order chi connectivity index (χ1) is 5.65. The summed E-state index contributed by atoms with van der Waals surface area (Å²) in [6, 6.07) is 0. The summed E-state index contributed by atoms with van der Waals surface area (Å²) < 4.78 is 0. The van der Waals surface area contributed by atoms with E-state index in [1.807, 2.05) is 0 Å². The van der Waals surface area contributed by atoms with Crippen LogP contribution >= 0.6 is 0 Å². The first-order valence-electron chi connectivity index (χ1n) is 4.56. The Morgan fingerprint density at radius 1 is 1.17 bits per heavy atom. The summed E-state index contributed by atoms with van der Waals surface area (Å²) >= 11 is 0. The monoisotopic (exact) mass is 166 g/mol. The van der Waals surface area contributed by atoms with E-state index < -0.39 is 5.79 Å². The van der Waals surface area contributed by atoms with Crippen molar-refractivity contribution in [3.63, 3.8) is 0 Å². The molecule has 0 heterocycles. The van der Waals surface area contributed by atoms with Gasteiger partial charge < -0.3 is 10.2 Å². The molecule has 0 amide bonds. The van der Waals surface area contributed by atoms with Crippen molar-refractivity contribution < 1.29 is 10.2 Å². The van der Waals surface area contributed by atoms with Gasteiger partial charge in [-0.3, -0.25) is 0 Å². The van der Waals surface area contributed by atoms with Crippen molar-refractivity contribution in [2.45, 2.75) is 37.9 Å². The lowest BCUT2D eigenvalue weighted by Gasteiger charge is -2.22. The van der Waals surface area contributed by atoms with E-state index in [2.05, 4.69) is 5.92 Å². The van der Waals surface area contributed by atoms with Crippen molar-refractivity contribution in [1.82, 2.24) is 0 Å². The molecule has 0 aliphatic heterocycles. The van der Waals surface area contributed by atoms with Gasteiger partial charge in [0.25, 0.3) is 0 Å². The fourth-order valence-electron chi connectivity index (χ4n) is 2.67. The van der Waals surface area contributed by atoms with Gasteiger partial charge in [0, 0.05) is 5.41 Å². The molecule has 0 aromatic heterocycles. The molecule has 0 aromatic carbocycles. The van der Waals surface area contributed by atoms with Crippen LogP contribution in [-0.4, -0.2) is 16.0 Å². The summed E-state index contributed by atoms with van der Waals surface area (Å²) in [6.07, 6.45) is 10.4. The highest BCUT2D eigenvalue weighted by Crippen LogP contribution is 2.67. The lowest BCUT2D eigenvalue weighted by Crippen LogP contribution is -2.21. The molecule has 1 atom stereocenters. The molecule has 2 aliphatic rings. The number of hydrogen-bond acceptors (Lipinski definition) is 2. The highest BCUT2D eigenvalue weighted by molar-refractivity contribution is 5.27. The second-order valence-electron chi connectivity index (χ2n) is 4.04. The van der Waals surface area contributed by atoms with E-state index in [-0.39, 0.29) is 11.3 Å². The third kappa shape index (κ3) is 0.734. The molecular weight excluding hydrogens is 152 g/mol. The van der Waals surface area contributed by atoms with Crippen molar-refractivity contribution in [2.24, 2.45) is 11.3 Å². The van der Waals surface area contributed by atoms with Crippen LogP contribution in [-0.2, 0) is 0 Å². The molecule has 2 saturated carbocycles. The van der Waals surface area contributed by atoms with Crippen LogP contribution in [0.15, 0.2) is 0 Å². The molecule has 0 saturated heterocycles. The summed E-state index contributed by atoms with van der Waals surface area (Å²) in [7, 11) is 0. The minimum atomic E-state index is -1.55. The normalized spacial score (nSPS) is 35.9. The van der Waals surface area contributed by atoms with E-state index >= 15 is 0 Å². The van der Waals surface area contributed by atoms with Gasteiger partial charge in [0.2, 0.25) is 0 Å². The van der Waals surface area contributed by atoms with Crippen LogP contribution in [0, 0.1) is 23.7 Å². The SMILES string of the molecule is C#C[C@H]1C(O)(O)C12CCCCC2. The molecule has 2 rings (SSSR count). The van der Waals surface area contributed by atoms with E-state index in [0.29, 0.717) is 0 Å². The molecule has 2 N–H and O–H groups in total. The van der Waals surface area contributed by atoms with Crippen LogP contribution in [0.3, 0.4) is 0 Å². The Bertz CT molecular complexity index is 231. The van der Waals surface area contributed by atoms with Crippen LogP contribution in [0.25, 0.3) is 0 Å². The fraction of sp³-hybridized carbons (Fsp3) is 0.800. The molecule has 0 radical (unpaired) electrons. The molecule has 2 aliphatic carbocycles. The Kier molecular flexibility index (Phi) is 1.51. The highest BCUT2D eigenvalue weighted by atomic mass is 16.5. The van der Waals surface area contributed by atoms with Gasteiger partial charge in [0.05, 0.1) is 5.92 Å². The first kappa shape index (κ1) is 8.10. The number of aliphatic hydroxyl groups is 2. The molecule has 2 heteroatoms. The largest absolute Gasteiger partial charge is 0.364 e. The van der Waals surface area contributed by atoms with Crippen LogP contribution in [0.4, 0.5) is 0 Å². The van der Waals surface area contributed by atoms with Gasteiger partial charge in [-0.1, -0.05) is 25.2 Å². The number of rotatable bonds is 0. The third-order valence-corrected chi connectivity index (χ3v) is 3.52. The predicted octanol–water partition coefficient (Wildman–Crippen LogP) is 0.881. The van der Waals surface area contributed by atoms with Gasteiger partial charge in [-0.25, -0.2) is 0 Å². The Morgan fingerprint density at radius 2 is 1.75 bits per heavy atom. The topological polar surface area (TPSA) is 40.5 Å². The minimum Gasteiger partial charge on any atom is -0.364 e. The Hall–Kier alpha value is -0.520. The van der Waals surface area contributed by atoms with Crippen LogP contribution in [0.2, 0.25) is 0 Å². The second-order valence-corrected chi connectivity index (χ2v) is 4.04. The van der Waals surface area contributed by atoms with Crippen molar-refractivity contribution in [1.29, 1.82) is 0 Å². The Labute approximate surface area is 72.6 Å². The van der Waals surface area contributed by atoms with Gasteiger partial charge in [-0.05, 0) is 12.8 Å². The molecule has 2 fully saturated rings. The fourth-order valence-corrected chi connectivity index (χ4v) is 2.67. The summed E-state index contributed by atoms with van der Waals surface area (Å²) in [5.74, 6) is 0.622. The molecule has 0 bridgehead atoms. The molecule has 66 valence electrons. The average molecular weight is 166 g/mol. The maximum Gasteiger partial charge on any atom is 0.184 e. The third-order valence-electron chi connectivity index (χ3n) is 3.52. The van der Waals surface area contributed by atoms with Crippen LogP contribution < -0.4 is 0 Å². The smallest absolute Gasteiger partial charge is 0.184 e. The zero-order valence-corrected chi connectivity index (χ0v) is 7.08. The maximum absolute atomic E-state index is 9.58. The minimum absolute atomic E-state index is 0.315. The molecule has 0 aromatic rings. The summed E-state index contributed by atoms with van der Waals surface area (Å²) in [5.41, 5.74) is -0.333. The number of hydrogen-bond donors (Lipinski definition) is 2. The van der Waals surface area contributed by atoms with E-state index in [9.17, 15) is 10.2 Å². The number of terminal acetylenes is 1. The summed E-state index contributed by atoms with van der Waals surface area (Å²) in [5, 5.41) is 19.2. The van der Waals surface area contributed by atoms with Gasteiger partial charge in [-0.2, -0.15) is 0 Å². The van der Waals surface area contributed by atoms with Crippen molar-refractivity contribution >= 4 is 0 Å². The van der Waals surface area contributed by atoms with Crippen molar-refractivity contribution in [2.75, 3.05) is 0 Å².